The van der Waals surface area contributed by atoms with Gasteiger partial charge in [-0.25, -0.2) is 9.97 Å². The molecule has 0 saturated carbocycles. The van der Waals surface area contributed by atoms with Crippen LogP contribution < -0.4 is 10.2 Å². The van der Waals surface area contributed by atoms with E-state index in [9.17, 15) is 18.0 Å². The number of aromatic nitrogens is 2. The molecule has 1 N–H and O–H groups in total. The highest BCUT2D eigenvalue weighted by Crippen LogP contribution is 2.30. The van der Waals surface area contributed by atoms with E-state index in [0.29, 0.717) is 33.1 Å². The van der Waals surface area contributed by atoms with E-state index in [0.717, 1.165) is 49.4 Å². The van der Waals surface area contributed by atoms with Gasteiger partial charge in [0.1, 0.15) is 11.0 Å². The number of carbonyl (C=O) groups excluding carboxylic acids is 1. The van der Waals surface area contributed by atoms with Crippen molar-refractivity contribution < 1.29 is 18.0 Å². The molecule has 1 aliphatic rings. The van der Waals surface area contributed by atoms with Gasteiger partial charge in [0.05, 0.1) is 5.56 Å². The van der Waals surface area contributed by atoms with Crippen molar-refractivity contribution in [2.45, 2.75) is 43.4 Å². The van der Waals surface area contributed by atoms with Crippen molar-refractivity contribution in [1.29, 1.82) is 0 Å². The molecule has 2 heterocycles. The molecule has 0 spiro atoms. The highest BCUT2D eigenvalue weighted by atomic mass is 35.5. The Morgan fingerprint density at radius 3 is 2.56 bits per heavy atom. The van der Waals surface area contributed by atoms with Crippen molar-refractivity contribution in [2.75, 3.05) is 18.0 Å². The molecule has 0 atom stereocenters. The number of rotatable bonds is 7. The lowest BCUT2D eigenvalue weighted by Gasteiger charge is -2.31. The maximum Gasteiger partial charge on any atom is 0.416 e. The highest BCUT2D eigenvalue weighted by Gasteiger charge is 2.30. The summed E-state index contributed by atoms with van der Waals surface area (Å²) in [6.45, 7) is 4.13. The lowest BCUT2D eigenvalue weighted by molar-refractivity contribution is -0.137. The van der Waals surface area contributed by atoms with Crippen LogP contribution >= 0.6 is 23.4 Å². The molecule has 1 aliphatic heterocycles. The fourth-order valence-electron chi connectivity index (χ4n) is 3.94. The molecule has 1 fully saturated rings. The molecular formula is C26H26ClF3N4OS. The largest absolute Gasteiger partial charge is 0.416 e. The van der Waals surface area contributed by atoms with E-state index in [2.05, 4.69) is 27.1 Å². The fraction of sp³-hybridized carbons (Fsp3) is 0.346. The lowest BCUT2D eigenvalue weighted by Crippen LogP contribution is -2.33. The minimum absolute atomic E-state index is 0.00383. The quantitative estimate of drug-likeness (QED) is 0.210. The predicted octanol–water partition coefficient (Wildman–Crippen LogP) is 6.61. The zero-order chi connectivity index (χ0) is 25.7. The topological polar surface area (TPSA) is 58.1 Å². The number of amides is 1. The number of alkyl halides is 3. The maximum atomic E-state index is 12.9. The molecule has 4 rings (SSSR count). The maximum absolute atomic E-state index is 12.9. The Labute approximate surface area is 217 Å². The highest BCUT2D eigenvalue weighted by molar-refractivity contribution is 7.98. The first kappa shape index (κ1) is 26.3. The van der Waals surface area contributed by atoms with Crippen LogP contribution in [0.4, 0.5) is 19.0 Å². The molecule has 0 aliphatic carbocycles. The normalized spacial score (nSPS) is 14.6. The average molecular weight is 535 g/mol. The number of hydrogen-bond donors (Lipinski definition) is 1. The van der Waals surface area contributed by atoms with Gasteiger partial charge in [-0.2, -0.15) is 13.2 Å². The molecule has 36 heavy (non-hydrogen) atoms. The molecule has 0 radical (unpaired) electrons. The van der Waals surface area contributed by atoms with Gasteiger partial charge in [0.15, 0.2) is 5.16 Å². The van der Waals surface area contributed by atoms with Gasteiger partial charge in [-0.1, -0.05) is 54.6 Å². The van der Waals surface area contributed by atoms with Gasteiger partial charge in [-0.3, -0.25) is 4.79 Å². The summed E-state index contributed by atoms with van der Waals surface area (Å²) in [5, 5.41) is 3.65. The van der Waals surface area contributed by atoms with Gasteiger partial charge in [-0.05, 0) is 54.2 Å². The van der Waals surface area contributed by atoms with Gasteiger partial charge >= 0.3 is 6.18 Å². The van der Waals surface area contributed by atoms with E-state index in [1.807, 2.05) is 6.07 Å². The van der Waals surface area contributed by atoms with E-state index in [1.54, 1.807) is 30.3 Å². The Balaban J connectivity index is 1.36. The second-order valence-electron chi connectivity index (χ2n) is 8.87. The monoisotopic (exact) mass is 534 g/mol. The predicted molar refractivity (Wildman–Crippen MR) is 136 cm³/mol. The number of nitrogens with one attached hydrogen (secondary N) is 1. The van der Waals surface area contributed by atoms with E-state index in [1.165, 1.54) is 17.8 Å². The number of hydrogen-bond acceptors (Lipinski definition) is 5. The van der Waals surface area contributed by atoms with E-state index < -0.39 is 11.7 Å². The van der Waals surface area contributed by atoms with Gasteiger partial charge in [-0.15, -0.1) is 0 Å². The van der Waals surface area contributed by atoms with E-state index in [-0.39, 0.29) is 12.5 Å². The van der Waals surface area contributed by atoms with Crippen molar-refractivity contribution in [3.8, 4) is 0 Å². The summed E-state index contributed by atoms with van der Waals surface area (Å²) >= 11 is 7.69. The molecule has 0 bridgehead atoms. The van der Waals surface area contributed by atoms with Crippen LogP contribution in [0.1, 0.15) is 46.8 Å². The van der Waals surface area contributed by atoms with Crippen molar-refractivity contribution in [2.24, 2.45) is 5.92 Å². The molecule has 3 aromatic rings. The summed E-state index contributed by atoms with van der Waals surface area (Å²) < 4.78 is 38.7. The molecule has 190 valence electrons. The number of carbonyl (C=O) groups is 1. The summed E-state index contributed by atoms with van der Waals surface area (Å²) in [5.74, 6) is 1.71. The number of halogens is 4. The Morgan fingerprint density at radius 2 is 1.81 bits per heavy atom. The van der Waals surface area contributed by atoms with Gasteiger partial charge in [0, 0.05) is 37.0 Å². The zero-order valence-corrected chi connectivity index (χ0v) is 21.3. The van der Waals surface area contributed by atoms with Crippen molar-refractivity contribution in [1.82, 2.24) is 15.3 Å². The summed E-state index contributed by atoms with van der Waals surface area (Å²) in [7, 11) is 0. The van der Waals surface area contributed by atoms with Crippen LogP contribution in [0.25, 0.3) is 0 Å². The van der Waals surface area contributed by atoms with Crippen molar-refractivity contribution >= 4 is 35.1 Å². The van der Waals surface area contributed by atoms with Gasteiger partial charge in [0.25, 0.3) is 5.91 Å². The standard InChI is InChI=1S/C26H26ClF3N4OS/c1-17-8-10-34(11-9-17)23-14-22(27)32-25(33-23)36-16-19-5-2-6-20(12-19)24(35)31-15-18-4-3-7-21(13-18)26(28,29)30/h2-7,12-14,17H,8-11,15-16H2,1H3,(H,31,35). The number of piperidine rings is 1. The number of benzene rings is 2. The van der Waals surface area contributed by atoms with Crippen molar-refractivity contribution in [3.63, 3.8) is 0 Å². The molecule has 1 saturated heterocycles. The molecule has 2 aromatic carbocycles. The van der Waals surface area contributed by atoms with Crippen molar-refractivity contribution in [3.05, 3.63) is 82.0 Å². The Bertz CT molecular complexity index is 1220. The van der Waals surface area contributed by atoms with Crippen LogP contribution in [0.2, 0.25) is 5.15 Å². The lowest BCUT2D eigenvalue weighted by atomic mass is 9.99. The van der Waals surface area contributed by atoms with Crippen LogP contribution in [0.5, 0.6) is 0 Å². The second-order valence-corrected chi connectivity index (χ2v) is 10.2. The van der Waals surface area contributed by atoms with Crippen LogP contribution in [0.3, 0.4) is 0 Å². The Morgan fingerprint density at radius 1 is 1.08 bits per heavy atom. The van der Waals surface area contributed by atoms with Gasteiger partial charge in [0.2, 0.25) is 0 Å². The SMILES string of the molecule is CC1CCN(c2cc(Cl)nc(SCc3cccc(C(=O)NCc4cccc(C(F)(F)F)c4)c3)n2)CC1. The molecule has 1 aromatic heterocycles. The number of nitrogens with zero attached hydrogens (tertiary/aromatic N) is 3. The first-order valence-corrected chi connectivity index (χ1v) is 13.0. The summed E-state index contributed by atoms with van der Waals surface area (Å²) in [6, 6.07) is 13.8. The molecule has 5 nitrogen and oxygen atoms in total. The van der Waals surface area contributed by atoms with Crippen LogP contribution in [0.15, 0.2) is 59.8 Å². The van der Waals surface area contributed by atoms with Crippen LogP contribution in [-0.2, 0) is 18.5 Å². The van der Waals surface area contributed by atoms with Crippen LogP contribution in [-0.4, -0.2) is 29.0 Å². The summed E-state index contributed by atoms with van der Waals surface area (Å²) in [5.41, 5.74) is 0.954. The third-order valence-electron chi connectivity index (χ3n) is 6.03. The fourth-order valence-corrected chi connectivity index (χ4v) is 4.97. The van der Waals surface area contributed by atoms with Crippen LogP contribution in [0, 0.1) is 5.92 Å². The average Bonchev–Trinajstić information content (AvgIpc) is 2.86. The third kappa shape index (κ3) is 7.13. The van der Waals surface area contributed by atoms with Gasteiger partial charge < -0.3 is 10.2 Å². The molecule has 1 amide bonds. The minimum Gasteiger partial charge on any atom is -0.356 e. The third-order valence-corrected chi connectivity index (χ3v) is 7.15. The first-order valence-electron chi connectivity index (χ1n) is 11.6. The van der Waals surface area contributed by atoms with E-state index in [4.69, 9.17) is 11.6 Å². The van der Waals surface area contributed by atoms with E-state index >= 15 is 0 Å². The second kappa shape index (κ2) is 11.5. The first-order chi connectivity index (χ1) is 17.2. The molecule has 10 heteroatoms. The zero-order valence-electron chi connectivity index (χ0n) is 19.7. The molecule has 0 unspecified atom stereocenters. The molecular weight excluding hydrogens is 509 g/mol. The summed E-state index contributed by atoms with van der Waals surface area (Å²) in [4.78, 5) is 23.9. The Kier molecular flexibility index (Phi) is 8.41. The minimum atomic E-state index is -4.42. The summed E-state index contributed by atoms with van der Waals surface area (Å²) in [6.07, 6.45) is -2.19. The Hall–Kier alpha value is -2.78. The smallest absolute Gasteiger partial charge is 0.356 e. The number of thioether (sulfide) groups is 1. The number of anilines is 1.